The number of amides is 1. The fourth-order valence-corrected chi connectivity index (χ4v) is 5.06. The number of hydrogen-bond donors (Lipinski definition) is 2. The minimum atomic E-state index is 0.289. The van der Waals surface area contributed by atoms with Gasteiger partial charge in [-0.1, -0.05) is 32.6 Å². The van der Waals surface area contributed by atoms with Gasteiger partial charge in [-0.25, -0.2) is 0 Å². The summed E-state index contributed by atoms with van der Waals surface area (Å²) in [4.78, 5) is 21.8. The lowest BCUT2D eigenvalue weighted by Gasteiger charge is -2.36. The van der Waals surface area contributed by atoms with Crippen LogP contribution in [0.15, 0.2) is 4.99 Å². The highest BCUT2D eigenvalue weighted by Gasteiger charge is 2.32. The summed E-state index contributed by atoms with van der Waals surface area (Å²) in [5.74, 6) is 1.57. The molecule has 0 radical (unpaired) electrons. The van der Waals surface area contributed by atoms with Crippen LogP contribution >= 0.6 is 0 Å². The van der Waals surface area contributed by atoms with E-state index in [1.807, 2.05) is 7.05 Å². The number of guanidine groups is 1. The Morgan fingerprint density at radius 3 is 2.61 bits per heavy atom. The van der Waals surface area contributed by atoms with E-state index in [1.54, 1.807) is 0 Å². The molecular weight excluding hydrogens is 350 g/mol. The van der Waals surface area contributed by atoms with E-state index in [4.69, 9.17) is 0 Å². The van der Waals surface area contributed by atoms with Gasteiger partial charge < -0.3 is 15.5 Å². The second-order valence-electron chi connectivity index (χ2n) is 8.89. The zero-order valence-electron chi connectivity index (χ0n) is 18.1. The van der Waals surface area contributed by atoms with Crippen molar-refractivity contribution < 1.29 is 4.79 Å². The number of nitrogens with zero attached hydrogens (tertiary/aromatic N) is 3. The first-order valence-electron chi connectivity index (χ1n) is 11.7. The summed E-state index contributed by atoms with van der Waals surface area (Å²) >= 11 is 0. The van der Waals surface area contributed by atoms with Gasteiger partial charge in [0.05, 0.1) is 0 Å². The van der Waals surface area contributed by atoms with E-state index in [9.17, 15) is 4.79 Å². The first-order valence-corrected chi connectivity index (χ1v) is 11.7. The molecule has 2 heterocycles. The van der Waals surface area contributed by atoms with Gasteiger partial charge in [0.2, 0.25) is 5.91 Å². The zero-order valence-corrected chi connectivity index (χ0v) is 18.1. The molecule has 3 fully saturated rings. The standard InChI is InChI=1S/C22H41N5O/c1-3-4-13-26-14-8-7-11-20(26)16-24-22(23-2)25-19-12-15-27(17-19)21(28)18-9-5-6-10-18/h18-20H,3-17H2,1-2H3,(H2,23,24,25). The van der Waals surface area contributed by atoms with Crippen molar-refractivity contribution in [3.63, 3.8) is 0 Å². The molecule has 1 aliphatic carbocycles. The average molecular weight is 392 g/mol. The molecule has 3 rings (SSSR count). The van der Waals surface area contributed by atoms with Gasteiger partial charge in [0, 0.05) is 44.7 Å². The van der Waals surface area contributed by atoms with Gasteiger partial charge >= 0.3 is 0 Å². The molecular formula is C22H41N5O. The van der Waals surface area contributed by atoms with Crippen LogP contribution in [0.1, 0.15) is 71.1 Å². The fraction of sp³-hybridized carbons (Fsp3) is 0.909. The van der Waals surface area contributed by atoms with Gasteiger partial charge in [-0.15, -0.1) is 0 Å². The summed E-state index contributed by atoms with van der Waals surface area (Å²) in [5.41, 5.74) is 0. The molecule has 2 N–H and O–H groups in total. The molecule has 3 aliphatic rings. The van der Waals surface area contributed by atoms with Crippen LogP contribution in [0.2, 0.25) is 0 Å². The van der Waals surface area contributed by atoms with Crippen molar-refractivity contribution in [1.29, 1.82) is 0 Å². The van der Waals surface area contributed by atoms with Crippen molar-refractivity contribution in [3.05, 3.63) is 0 Å². The lowest BCUT2D eigenvalue weighted by molar-refractivity contribution is -0.134. The monoisotopic (exact) mass is 391 g/mol. The Labute approximate surface area is 171 Å². The van der Waals surface area contributed by atoms with Crippen molar-refractivity contribution in [2.75, 3.05) is 39.8 Å². The maximum atomic E-state index is 12.6. The predicted octanol–water partition coefficient (Wildman–Crippen LogP) is 2.60. The number of hydrogen-bond acceptors (Lipinski definition) is 3. The van der Waals surface area contributed by atoms with Crippen LogP contribution in [0, 0.1) is 5.92 Å². The van der Waals surface area contributed by atoms with E-state index in [1.165, 1.54) is 58.0 Å². The molecule has 160 valence electrons. The van der Waals surface area contributed by atoms with Gasteiger partial charge in [0.15, 0.2) is 5.96 Å². The number of rotatable bonds is 7. The summed E-state index contributed by atoms with van der Waals surface area (Å²) in [6, 6.07) is 0.932. The summed E-state index contributed by atoms with van der Waals surface area (Å²) in [7, 11) is 1.85. The summed E-state index contributed by atoms with van der Waals surface area (Å²) in [6.07, 6.45) is 12.1. The van der Waals surface area contributed by atoms with Gasteiger partial charge in [-0.3, -0.25) is 14.7 Å². The van der Waals surface area contributed by atoms with E-state index >= 15 is 0 Å². The number of unbranched alkanes of at least 4 members (excludes halogenated alkanes) is 1. The molecule has 6 heteroatoms. The Balaban J connectivity index is 1.42. The molecule has 0 aromatic rings. The minimum absolute atomic E-state index is 0.289. The third-order valence-corrected chi connectivity index (χ3v) is 6.82. The third-order valence-electron chi connectivity index (χ3n) is 6.82. The van der Waals surface area contributed by atoms with Crippen LogP contribution < -0.4 is 10.6 Å². The quantitative estimate of drug-likeness (QED) is 0.517. The van der Waals surface area contributed by atoms with Crippen LogP contribution in [0.3, 0.4) is 0 Å². The Kier molecular flexibility index (Phi) is 8.44. The van der Waals surface area contributed by atoms with Gasteiger partial charge in [-0.05, 0) is 51.6 Å². The van der Waals surface area contributed by atoms with Crippen LogP contribution in [-0.4, -0.2) is 73.5 Å². The highest BCUT2D eigenvalue weighted by molar-refractivity contribution is 5.81. The van der Waals surface area contributed by atoms with Crippen molar-refractivity contribution in [1.82, 2.24) is 20.4 Å². The molecule has 0 bridgehead atoms. The van der Waals surface area contributed by atoms with E-state index in [-0.39, 0.29) is 5.92 Å². The molecule has 2 atom stereocenters. The average Bonchev–Trinajstić information content (AvgIpc) is 3.42. The van der Waals surface area contributed by atoms with Crippen LogP contribution in [0.5, 0.6) is 0 Å². The van der Waals surface area contributed by atoms with Gasteiger partial charge in [0.25, 0.3) is 0 Å². The topological polar surface area (TPSA) is 60.0 Å². The number of nitrogens with one attached hydrogen (secondary N) is 2. The number of piperidine rings is 1. The van der Waals surface area contributed by atoms with Crippen molar-refractivity contribution >= 4 is 11.9 Å². The number of carbonyl (C=O) groups is 1. The second-order valence-corrected chi connectivity index (χ2v) is 8.89. The number of aliphatic imine (C=N–C) groups is 1. The molecule has 2 aliphatic heterocycles. The summed E-state index contributed by atoms with van der Waals surface area (Å²) in [6.45, 7) is 7.39. The summed E-state index contributed by atoms with van der Waals surface area (Å²) < 4.78 is 0. The number of likely N-dealkylation sites (tertiary alicyclic amines) is 2. The molecule has 6 nitrogen and oxygen atoms in total. The largest absolute Gasteiger partial charge is 0.355 e. The molecule has 1 saturated carbocycles. The molecule has 1 amide bonds. The number of carbonyl (C=O) groups excluding carboxylic acids is 1. The molecule has 0 aromatic heterocycles. The van der Waals surface area contributed by atoms with Crippen LogP contribution in [-0.2, 0) is 4.79 Å². The zero-order chi connectivity index (χ0) is 19.8. The molecule has 0 spiro atoms. The highest BCUT2D eigenvalue weighted by Crippen LogP contribution is 2.27. The van der Waals surface area contributed by atoms with Gasteiger partial charge in [-0.2, -0.15) is 0 Å². The van der Waals surface area contributed by atoms with E-state index in [0.717, 1.165) is 44.9 Å². The van der Waals surface area contributed by atoms with E-state index < -0.39 is 0 Å². The van der Waals surface area contributed by atoms with Crippen molar-refractivity contribution in [2.45, 2.75) is 83.2 Å². The molecule has 2 unspecified atom stereocenters. The Morgan fingerprint density at radius 1 is 1.07 bits per heavy atom. The Bertz CT molecular complexity index is 517. The molecule has 2 saturated heterocycles. The maximum Gasteiger partial charge on any atom is 0.225 e. The van der Waals surface area contributed by atoms with Gasteiger partial charge in [0.1, 0.15) is 0 Å². The fourth-order valence-electron chi connectivity index (χ4n) is 5.06. The van der Waals surface area contributed by atoms with E-state index in [0.29, 0.717) is 18.0 Å². The minimum Gasteiger partial charge on any atom is -0.355 e. The van der Waals surface area contributed by atoms with Crippen LogP contribution in [0.25, 0.3) is 0 Å². The Hall–Kier alpha value is -1.30. The highest BCUT2D eigenvalue weighted by atomic mass is 16.2. The molecule has 0 aromatic carbocycles. The Morgan fingerprint density at radius 2 is 1.86 bits per heavy atom. The summed E-state index contributed by atoms with van der Waals surface area (Å²) in [5, 5.41) is 7.13. The normalized spacial score (nSPS) is 27.4. The van der Waals surface area contributed by atoms with Crippen molar-refractivity contribution in [3.8, 4) is 0 Å². The SMILES string of the molecule is CCCCN1CCCCC1CNC(=NC)NC1CCN(C(=O)C2CCCC2)C1. The lowest BCUT2D eigenvalue weighted by atomic mass is 10.0. The first-order chi connectivity index (χ1) is 13.7. The first kappa shape index (κ1) is 21.4. The van der Waals surface area contributed by atoms with Crippen LogP contribution in [0.4, 0.5) is 0 Å². The second kappa shape index (κ2) is 11.0. The lowest BCUT2D eigenvalue weighted by Crippen LogP contribution is -2.51. The smallest absolute Gasteiger partial charge is 0.225 e. The third kappa shape index (κ3) is 5.85. The predicted molar refractivity (Wildman–Crippen MR) is 116 cm³/mol. The molecule has 28 heavy (non-hydrogen) atoms. The maximum absolute atomic E-state index is 12.6. The van der Waals surface area contributed by atoms with Crippen molar-refractivity contribution in [2.24, 2.45) is 10.9 Å². The van der Waals surface area contributed by atoms with E-state index in [2.05, 4.69) is 32.3 Å².